The number of rotatable bonds is 4. The van der Waals surface area contributed by atoms with Gasteiger partial charge in [-0.3, -0.25) is 9.30 Å². The lowest BCUT2D eigenvalue weighted by Gasteiger charge is -2.34. The van der Waals surface area contributed by atoms with Gasteiger partial charge in [0.05, 0.1) is 24.7 Å². The van der Waals surface area contributed by atoms with Crippen molar-refractivity contribution in [3.05, 3.63) is 72.8 Å². The molecule has 0 bridgehead atoms. The Balaban J connectivity index is 1.38. The summed E-state index contributed by atoms with van der Waals surface area (Å²) in [5.41, 5.74) is 2.45. The Hall–Kier alpha value is -3.19. The topological polar surface area (TPSA) is 49.8 Å². The van der Waals surface area contributed by atoms with Crippen LogP contribution in [0.4, 0.5) is 10.2 Å². The summed E-state index contributed by atoms with van der Waals surface area (Å²) in [7, 11) is 0. The molecule has 0 unspecified atom stereocenters. The van der Waals surface area contributed by atoms with Crippen LogP contribution in [0.3, 0.4) is 0 Å². The van der Waals surface area contributed by atoms with Gasteiger partial charge in [-0.05, 0) is 24.3 Å². The monoisotopic (exact) mass is 377 g/mol. The molecule has 1 aromatic carbocycles. The Morgan fingerprint density at radius 2 is 1.93 bits per heavy atom. The van der Waals surface area contributed by atoms with E-state index in [1.165, 1.54) is 12.1 Å². The average molecular weight is 377 g/mol. The van der Waals surface area contributed by atoms with E-state index < -0.39 is 0 Å². The number of furan rings is 1. The van der Waals surface area contributed by atoms with Crippen molar-refractivity contribution in [2.45, 2.75) is 6.54 Å². The molecule has 3 aromatic heterocycles. The van der Waals surface area contributed by atoms with E-state index in [0.29, 0.717) is 0 Å². The van der Waals surface area contributed by atoms with E-state index in [-0.39, 0.29) is 5.82 Å². The molecule has 1 saturated heterocycles. The molecule has 0 spiro atoms. The Kier molecular flexibility index (Phi) is 4.29. The number of nitrogens with zero attached hydrogens (tertiary/aromatic N) is 5. The number of halogens is 1. The minimum atomic E-state index is -0.255. The fourth-order valence-electron chi connectivity index (χ4n) is 3.73. The van der Waals surface area contributed by atoms with Crippen LogP contribution in [0, 0.1) is 5.82 Å². The molecule has 0 aliphatic carbocycles. The first-order valence-electron chi connectivity index (χ1n) is 9.35. The molecule has 4 heterocycles. The van der Waals surface area contributed by atoms with Crippen molar-refractivity contribution in [3.8, 4) is 11.3 Å². The summed E-state index contributed by atoms with van der Waals surface area (Å²) in [5.74, 6) is 1.60. The van der Waals surface area contributed by atoms with Crippen molar-refractivity contribution in [3.63, 3.8) is 0 Å². The van der Waals surface area contributed by atoms with Gasteiger partial charge in [-0.15, -0.1) is 0 Å². The van der Waals surface area contributed by atoms with Gasteiger partial charge in [-0.25, -0.2) is 14.4 Å². The van der Waals surface area contributed by atoms with Gasteiger partial charge in [0.2, 0.25) is 0 Å². The summed E-state index contributed by atoms with van der Waals surface area (Å²) < 4.78 is 21.1. The maximum atomic E-state index is 13.6. The van der Waals surface area contributed by atoms with Crippen LogP contribution < -0.4 is 4.90 Å². The first-order chi connectivity index (χ1) is 13.8. The highest BCUT2D eigenvalue weighted by Gasteiger charge is 2.22. The van der Waals surface area contributed by atoms with Gasteiger partial charge in [-0.1, -0.05) is 12.1 Å². The largest absolute Gasteiger partial charge is 0.468 e. The smallest absolute Gasteiger partial charge is 0.180 e. The van der Waals surface area contributed by atoms with E-state index in [2.05, 4.69) is 19.8 Å². The van der Waals surface area contributed by atoms with Crippen LogP contribution in [0.25, 0.3) is 16.9 Å². The SMILES string of the molecule is Fc1cccc(-c2cnc3c(N4CCN(Cc5ccco5)CC4)nccn23)c1. The maximum absolute atomic E-state index is 13.6. The van der Waals surface area contributed by atoms with Gasteiger partial charge in [0.1, 0.15) is 11.6 Å². The molecule has 7 heteroatoms. The van der Waals surface area contributed by atoms with Crippen LogP contribution in [-0.2, 0) is 6.54 Å². The number of imidazole rings is 1. The first kappa shape index (κ1) is 16.9. The first-order valence-corrected chi connectivity index (χ1v) is 9.35. The van der Waals surface area contributed by atoms with E-state index in [9.17, 15) is 4.39 Å². The Morgan fingerprint density at radius 3 is 2.71 bits per heavy atom. The number of benzene rings is 1. The molecule has 4 aromatic rings. The molecule has 1 fully saturated rings. The summed E-state index contributed by atoms with van der Waals surface area (Å²) >= 11 is 0. The van der Waals surface area contributed by atoms with Crippen molar-refractivity contribution in [1.29, 1.82) is 0 Å². The highest BCUT2D eigenvalue weighted by molar-refractivity contribution is 5.71. The van der Waals surface area contributed by atoms with Crippen LogP contribution in [0.15, 0.2) is 65.7 Å². The predicted octanol–water partition coefficient (Wildman–Crippen LogP) is 3.45. The fourth-order valence-corrected chi connectivity index (χ4v) is 3.73. The molecule has 1 aliphatic heterocycles. The highest BCUT2D eigenvalue weighted by atomic mass is 19.1. The average Bonchev–Trinajstić information content (AvgIpc) is 3.38. The minimum Gasteiger partial charge on any atom is -0.468 e. The van der Waals surface area contributed by atoms with Crippen LogP contribution in [0.2, 0.25) is 0 Å². The highest BCUT2D eigenvalue weighted by Crippen LogP contribution is 2.26. The number of piperazine rings is 1. The van der Waals surface area contributed by atoms with Crippen molar-refractivity contribution >= 4 is 11.5 Å². The second kappa shape index (κ2) is 7.09. The molecular weight excluding hydrogens is 357 g/mol. The van der Waals surface area contributed by atoms with Crippen molar-refractivity contribution in [2.75, 3.05) is 31.1 Å². The van der Waals surface area contributed by atoms with Gasteiger partial charge in [0, 0.05) is 44.1 Å². The molecule has 0 atom stereocenters. The van der Waals surface area contributed by atoms with Gasteiger partial charge in [0.15, 0.2) is 11.5 Å². The summed E-state index contributed by atoms with van der Waals surface area (Å²) in [6.45, 7) is 4.43. The Bertz CT molecular complexity index is 1080. The van der Waals surface area contributed by atoms with E-state index in [0.717, 1.165) is 61.2 Å². The Morgan fingerprint density at radius 1 is 1.04 bits per heavy atom. The number of aromatic nitrogens is 3. The second-order valence-electron chi connectivity index (χ2n) is 6.94. The lowest BCUT2D eigenvalue weighted by molar-refractivity contribution is 0.230. The number of hydrogen-bond donors (Lipinski definition) is 0. The molecule has 6 nitrogen and oxygen atoms in total. The van der Waals surface area contributed by atoms with E-state index in [1.54, 1.807) is 24.7 Å². The van der Waals surface area contributed by atoms with Crippen molar-refractivity contribution in [2.24, 2.45) is 0 Å². The molecule has 0 N–H and O–H groups in total. The zero-order valence-corrected chi connectivity index (χ0v) is 15.3. The predicted molar refractivity (Wildman–Crippen MR) is 105 cm³/mol. The second-order valence-corrected chi connectivity index (χ2v) is 6.94. The maximum Gasteiger partial charge on any atom is 0.180 e. The standard InChI is InChI=1S/C21H20FN5O/c22-17-4-1-3-16(13-17)19-14-24-21-20(23-6-7-27(19)21)26-10-8-25(9-11-26)15-18-5-2-12-28-18/h1-7,12-14H,8-11,15H2. The summed E-state index contributed by atoms with van der Waals surface area (Å²) in [5, 5.41) is 0. The van der Waals surface area contributed by atoms with Crippen molar-refractivity contribution < 1.29 is 8.81 Å². The number of fused-ring (bicyclic) bond motifs is 1. The molecule has 142 valence electrons. The third-order valence-electron chi connectivity index (χ3n) is 5.16. The third kappa shape index (κ3) is 3.14. The van der Waals surface area contributed by atoms with Gasteiger partial charge in [-0.2, -0.15) is 0 Å². The molecule has 0 saturated carbocycles. The molecule has 28 heavy (non-hydrogen) atoms. The van der Waals surface area contributed by atoms with E-state index in [1.807, 2.05) is 28.8 Å². The summed E-state index contributed by atoms with van der Waals surface area (Å²) in [6.07, 6.45) is 7.15. The van der Waals surface area contributed by atoms with Crippen molar-refractivity contribution in [1.82, 2.24) is 19.3 Å². The molecule has 0 amide bonds. The van der Waals surface area contributed by atoms with Crippen LogP contribution in [-0.4, -0.2) is 45.4 Å². The Labute approximate surface area is 161 Å². The lowest BCUT2D eigenvalue weighted by atomic mass is 10.1. The molecule has 5 rings (SSSR count). The van der Waals surface area contributed by atoms with Crippen LogP contribution in [0.5, 0.6) is 0 Å². The van der Waals surface area contributed by atoms with Crippen LogP contribution >= 0.6 is 0 Å². The van der Waals surface area contributed by atoms with E-state index >= 15 is 0 Å². The molecule has 0 radical (unpaired) electrons. The number of anilines is 1. The zero-order valence-electron chi connectivity index (χ0n) is 15.3. The van der Waals surface area contributed by atoms with Gasteiger partial charge >= 0.3 is 0 Å². The fraction of sp³-hybridized carbons (Fsp3) is 0.238. The van der Waals surface area contributed by atoms with Gasteiger partial charge in [0.25, 0.3) is 0 Å². The van der Waals surface area contributed by atoms with Gasteiger partial charge < -0.3 is 9.32 Å². The normalized spacial score (nSPS) is 15.4. The third-order valence-corrected chi connectivity index (χ3v) is 5.16. The minimum absolute atomic E-state index is 0.255. The number of hydrogen-bond acceptors (Lipinski definition) is 5. The zero-order chi connectivity index (χ0) is 18.9. The van der Waals surface area contributed by atoms with E-state index in [4.69, 9.17) is 4.42 Å². The summed E-state index contributed by atoms with van der Waals surface area (Å²) in [6, 6.07) is 10.5. The summed E-state index contributed by atoms with van der Waals surface area (Å²) in [4.78, 5) is 13.8. The quantitative estimate of drug-likeness (QED) is 0.545. The lowest BCUT2D eigenvalue weighted by Crippen LogP contribution is -2.46. The molecular formula is C21H20FN5O. The molecule has 1 aliphatic rings. The van der Waals surface area contributed by atoms with Crippen LogP contribution in [0.1, 0.15) is 5.76 Å².